The molecule has 96 valence electrons. The fraction of sp³-hybridized carbons (Fsp3) is 0.400. The van der Waals surface area contributed by atoms with E-state index in [1.54, 1.807) is 0 Å². The first-order valence-electron chi connectivity index (χ1n) is 4.48. The highest BCUT2D eigenvalue weighted by atomic mass is 79.9. The summed E-state index contributed by atoms with van der Waals surface area (Å²) in [5.74, 6) is 0.217. The van der Waals surface area contributed by atoms with E-state index in [0.717, 1.165) is 6.07 Å². The van der Waals surface area contributed by atoms with Gasteiger partial charge in [0.25, 0.3) is 0 Å². The number of methoxy groups -OCH3 is 2. The quantitative estimate of drug-likeness (QED) is 0.932. The third-order valence-corrected chi connectivity index (χ3v) is 2.87. The molecule has 0 aromatic heterocycles. The third kappa shape index (κ3) is 2.84. The van der Waals surface area contributed by atoms with E-state index in [4.69, 9.17) is 9.47 Å². The zero-order valence-electron chi connectivity index (χ0n) is 9.01. The van der Waals surface area contributed by atoms with Crippen LogP contribution in [0, 0.1) is 0 Å². The van der Waals surface area contributed by atoms with Crippen molar-refractivity contribution in [1.29, 1.82) is 0 Å². The van der Waals surface area contributed by atoms with Crippen LogP contribution >= 0.6 is 15.9 Å². The van der Waals surface area contributed by atoms with Crippen molar-refractivity contribution >= 4 is 15.9 Å². The van der Waals surface area contributed by atoms with E-state index in [0.29, 0.717) is 5.75 Å². The standard InChI is InChI=1S/C10H10BrF3O3/c1-16-6-4-3-5(8(17-2)7(6)11)9(15)10(12,13)14/h3-4,9,15H,1-2H3/t9-/m0/s1. The molecule has 1 aromatic carbocycles. The largest absolute Gasteiger partial charge is 0.495 e. The van der Waals surface area contributed by atoms with Gasteiger partial charge < -0.3 is 14.6 Å². The van der Waals surface area contributed by atoms with Crippen molar-refractivity contribution in [2.24, 2.45) is 0 Å². The number of hydrogen-bond donors (Lipinski definition) is 1. The zero-order valence-corrected chi connectivity index (χ0v) is 10.6. The van der Waals surface area contributed by atoms with E-state index in [1.807, 2.05) is 0 Å². The van der Waals surface area contributed by atoms with Crippen LogP contribution in [0.3, 0.4) is 0 Å². The monoisotopic (exact) mass is 314 g/mol. The molecule has 0 aliphatic carbocycles. The van der Waals surface area contributed by atoms with Crippen molar-refractivity contribution in [1.82, 2.24) is 0 Å². The topological polar surface area (TPSA) is 38.7 Å². The van der Waals surface area contributed by atoms with Gasteiger partial charge in [0, 0.05) is 5.56 Å². The molecule has 0 saturated carbocycles. The van der Waals surface area contributed by atoms with Crippen LogP contribution in [0.2, 0.25) is 0 Å². The summed E-state index contributed by atoms with van der Waals surface area (Å²) in [6.45, 7) is 0. The third-order valence-electron chi connectivity index (χ3n) is 2.12. The minimum absolute atomic E-state index is 0.103. The van der Waals surface area contributed by atoms with Gasteiger partial charge in [-0.2, -0.15) is 13.2 Å². The molecule has 7 heteroatoms. The van der Waals surface area contributed by atoms with Gasteiger partial charge in [-0.05, 0) is 28.1 Å². The normalized spacial score (nSPS) is 13.4. The van der Waals surface area contributed by atoms with Crippen LogP contribution in [0.15, 0.2) is 16.6 Å². The lowest BCUT2D eigenvalue weighted by atomic mass is 10.1. The van der Waals surface area contributed by atoms with Gasteiger partial charge in [-0.1, -0.05) is 0 Å². The second-order valence-electron chi connectivity index (χ2n) is 3.15. The number of rotatable bonds is 3. The molecule has 0 fully saturated rings. The maximum atomic E-state index is 12.4. The highest BCUT2D eigenvalue weighted by molar-refractivity contribution is 9.10. The Morgan fingerprint density at radius 2 is 1.82 bits per heavy atom. The van der Waals surface area contributed by atoms with Crippen LogP contribution in [0.4, 0.5) is 13.2 Å². The second-order valence-corrected chi connectivity index (χ2v) is 3.94. The molecule has 1 aromatic rings. The van der Waals surface area contributed by atoms with Gasteiger partial charge in [-0.25, -0.2) is 0 Å². The Balaban J connectivity index is 3.31. The van der Waals surface area contributed by atoms with Crippen molar-refractivity contribution in [2.75, 3.05) is 14.2 Å². The molecule has 17 heavy (non-hydrogen) atoms. The minimum atomic E-state index is -4.75. The van der Waals surface area contributed by atoms with Crippen LogP contribution < -0.4 is 9.47 Å². The van der Waals surface area contributed by atoms with Crippen LogP contribution in [-0.4, -0.2) is 25.5 Å². The molecule has 0 radical (unpaired) electrons. The molecule has 0 aliphatic rings. The summed E-state index contributed by atoms with van der Waals surface area (Å²) >= 11 is 3.06. The summed E-state index contributed by atoms with van der Waals surface area (Å²) in [5, 5.41) is 9.19. The summed E-state index contributed by atoms with van der Waals surface area (Å²) in [5.41, 5.74) is -0.368. The van der Waals surface area contributed by atoms with Crippen LogP contribution in [0.5, 0.6) is 11.5 Å². The molecule has 1 atom stereocenters. The van der Waals surface area contributed by atoms with Crippen molar-refractivity contribution in [3.8, 4) is 11.5 Å². The van der Waals surface area contributed by atoms with E-state index in [1.165, 1.54) is 20.3 Å². The van der Waals surface area contributed by atoms with E-state index in [-0.39, 0.29) is 15.8 Å². The van der Waals surface area contributed by atoms with Gasteiger partial charge in [-0.3, -0.25) is 0 Å². The van der Waals surface area contributed by atoms with Gasteiger partial charge in [0.15, 0.2) is 6.10 Å². The van der Waals surface area contributed by atoms with Gasteiger partial charge in [-0.15, -0.1) is 0 Å². The smallest absolute Gasteiger partial charge is 0.418 e. The first-order valence-corrected chi connectivity index (χ1v) is 5.27. The van der Waals surface area contributed by atoms with Gasteiger partial charge in [0.1, 0.15) is 16.0 Å². The zero-order chi connectivity index (χ0) is 13.2. The predicted molar refractivity (Wildman–Crippen MR) is 58.3 cm³/mol. The van der Waals surface area contributed by atoms with E-state index >= 15 is 0 Å². The van der Waals surface area contributed by atoms with Gasteiger partial charge in [0.2, 0.25) is 0 Å². The molecule has 0 heterocycles. The molecule has 1 N–H and O–H groups in total. The fourth-order valence-corrected chi connectivity index (χ4v) is 1.99. The molecule has 3 nitrogen and oxygen atoms in total. The molecule has 0 amide bonds. The Labute approximate surface area is 104 Å². The Morgan fingerprint density at radius 3 is 2.24 bits per heavy atom. The Hall–Kier alpha value is -0.950. The highest BCUT2D eigenvalue weighted by Gasteiger charge is 2.41. The summed E-state index contributed by atoms with van der Waals surface area (Å²) in [6.07, 6.45) is -7.35. The summed E-state index contributed by atoms with van der Waals surface area (Å²) in [4.78, 5) is 0. The Kier molecular flexibility index (Phi) is 4.26. The predicted octanol–water partition coefficient (Wildman–Crippen LogP) is 3.06. The average Bonchev–Trinajstić information content (AvgIpc) is 2.26. The molecule has 0 aliphatic heterocycles. The van der Waals surface area contributed by atoms with Crippen molar-refractivity contribution in [3.63, 3.8) is 0 Å². The van der Waals surface area contributed by atoms with E-state index in [2.05, 4.69) is 15.9 Å². The van der Waals surface area contributed by atoms with E-state index in [9.17, 15) is 18.3 Å². The lowest BCUT2D eigenvalue weighted by Gasteiger charge is -2.19. The maximum Gasteiger partial charge on any atom is 0.418 e. The van der Waals surface area contributed by atoms with Crippen LogP contribution in [0.1, 0.15) is 11.7 Å². The number of halogens is 4. The van der Waals surface area contributed by atoms with Crippen molar-refractivity contribution in [2.45, 2.75) is 12.3 Å². The minimum Gasteiger partial charge on any atom is -0.495 e. The molecule has 0 spiro atoms. The highest BCUT2D eigenvalue weighted by Crippen LogP contribution is 2.43. The Morgan fingerprint density at radius 1 is 1.24 bits per heavy atom. The summed E-state index contributed by atoms with van der Waals surface area (Å²) in [6, 6.07) is 2.43. The summed E-state index contributed by atoms with van der Waals surface area (Å²) < 4.78 is 47.2. The number of hydrogen-bond acceptors (Lipinski definition) is 3. The summed E-state index contributed by atoms with van der Waals surface area (Å²) in [7, 11) is 2.59. The second kappa shape index (κ2) is 5.14. The SMILES string of the molecule is COc1ccc([C@H](O)C(F)(F)F)c(OC)c1Br. The average molecular weight is 315 g/mol. The molecule has 0 bridgehead atoms. The molecule has 0 unspecified atom stereocenters. The van der Waals surface area contributed by atoms with E-state index < -0.39 is 12.3 Å². The Bertz CT molecular complexity index is 407. The number of ether oxygens (including phenoxy) is 2. The number of alkyl halides is 3. The molecule has 1 rings (SSSR count). The van der Waals surface area contributed by atoms with Crippen molar-refractivity contribution < 1.29 is 27.8 Å². The maximum absolute atomic E-state index is 12.4. The number of aliphatic hydroxyl groups excluding tert-OH is 1. The molecule has 0 saturated heterocycles. The first kappa shape index (κ1) is 14.1. The fourth-order valence-electron chi connectivity index (χ4n) is 1.31. The lowest BCUT2D eigenvalue weighted by Crippen LogP contribution is -2.21. The number of aliphatic hydroxyl groups is 1. The van der Waals surface area contributed by atoms with Crippen LogP contribution in [-0.2, 0) is 0 Å². The van der Waals surface area contributed by atoms with Gasteiger partial charge >= 0.3 is 6.18 Å². The van der Waals surface area contributed by atoms with Gasteiger partial charge in [0.05, 0.1) is 14.2 Å². The van der Waals surface area contributed by atoms with Crippen LogP contribution in [0.25, 0.3) is 0 Å². The molecular weight excluding hydrogens is 305 g/mol. The van der Waals surface area contributed by atoms with Crippen molar-refractivity contribution in [3.05, 3.63) is 22.2 Å². The first-order chi connectivity index (χ1) is 7.82. The lowest BCUT2D eigenvalue weighted by molar-refractivity contribution is -0.207. The number of benzene rings is 1. The molecular formula is C10H10BrF3O3.